The number of hydrogen-bond donors (Lipinski definition) is 1. The van der Waals surface area contributed by atoms with E-state index in [2.05, 4.69) is 41.5 Å². The molecule has 0 radical (unpaired) electrons. The number of nitrogens with zero attached hydrogens (tertiary/aromatic N) is 3. The highest BCUT2D eigenvalue weighted by Gasteiger charge is 2.23. The number of hydrogen-bond acceptors (Lipinski definition) is 7. The van der Waals surface area contributed by atoms with Crippen LogP contribution in [0, 0.1) is 16.9 Å². The van der Waals surface area contributed by atoms with Crippen molar-refractivity contribution in [3.63, 3.8) is 0 Å². The van der Waals surface area contributed by atoms with Crippen molar-refractivity contribution in [2.45, 2.75) is 32.1 Å². The SMILES string of the molecule is CCN(CC(C)(C)CCN=C(NC#N)Oc1ccccc1)Sc1ccc2c(c1)OCO2. The van der Waals surface area contributed by atoms with Gasteiger partial charge in [0.05, 0.1) is 0 Å². The molecule has 1 aliphatic heterocycles. The fourth-order valence-electron chi connectivity index (χ4n) is 3.05. The van der Waals surface area contributed by atoms with Crippen molar-refractivity contribution >= 4 is 18.0 Å². The van der Waals surface area contributed by atoms with E-state index < -0.39 is 0 Å². The van der Waals surface area contributed by atoms with Crippen molar-refractivity contribution in [2.75, 3.05) is 26.4 Å². The Morgan fingerprint density at radius 1 is 1.23 bits per heavy atom. The first-order valence-electron chi connectivity index (χ1n) is 10.2. The topological polar surface area (TPSA) is 79.1 Å². The highest BCUT2D eigenvalue weighted by Crippen LogP contribution is 2.37. The van der Waals surface area contributed by atoms with Crippen LogP contribution >= 0.6 is 11.9 Å². The first-order valence-corrected chi connectivity index (χ1v) is 11.0. The third-order valence-corrected chi connectivity index (χ3v) is 5.81. The molecule has 3 rings (SSSR count). The Balaban J connectivity index is 1.54. The van der Waals surface area contributed by atoms with Crippen molar-refractivity contribution in [3.8, 4) is 23.4 Å². The van der Waals surface area contributed by atoms with Gasteiger partial charge >= 0.3 is 6.02 Å². The summed E-state index contributed by atoms with van der Waals surface area (Å²) in [7, 11) is 0. The van der Waals surface area contributed by atoms with Gasteiger partial charge in [-0.3, -0.25) is 0 Å². The summed E-state index contributed by atoms with van der Waals surface area (Å²) >= 11 is 1.71. The summed E-state index contributed by atoms with van der Waals surface area (Å²) in [4.78, 5) is 5.58. The first-order chi connectivity index (χ1) is 15.0. The van der Waals surface area contributed by atoms with Gasteiger partial charge in [-0.1, -0.05) is 39.0 Å². The van der Waals surface area contributed by atoms with E-state index >= 15 is 0 Å². The Kier molecular flexibility index (Phi) is 8.04. The van der Waals surface area contributed by atoms with E-state index in [0.29, 0.717) is 12.3 Å². The monoisotopic (exact) mass is 440 g/mol. The lowest BCUT2D eigenvalue weighted by Crippen LogP contribution is -2.31. The molecule has 2 aromatic rings. The van der Waals surface area contributed by atoms with E-state index in [1.807, 2.05) is 48.7 Å². The van der Waals surface area contributed by atoms with Crippen LogP contribution in [-0.2, 0) is 0 Å². The minimum Gasteiger partial charge on any atom is -0.454 e. The van der Waals surface area contributed by atoms with Crippen LogP contribution in [0.2, 0.25) is 0 Å². The highest BCUT2D eigenvalue weighted by molar-refractivity contribution is 7.97. The molecule has 0 amide bonds. The second-order valence-electron chi connectivity index (χ2n) is 7.82. The van der Waals surface area contributed by atoms with Crippen LogP contribution in [0.3, 0.4) is 0 Å². The largest absolute Gasteiger partial charge is 0.454 e. The minimum absolute atomic E-state index is 0.0212. The van der Waals surface area contributed by atoms with E-state index in [9.17, 15) is 0 Å². The van der Waals surface area contributed by atoms with Gasteiger partial charge in [0.2, 0.25) is 6.79 Å². The number of aliphatic imine (C=N–C) groups is 1. The quantitative estimate of drug-likeness (QED) is 0.200. The van der Waals surface area contributed by atoms with Crippen LogP contribution in [0.25, 0.3) is 0 Å². The number of rotatable bonds is 9. The summed E-state index contributed by atoms with van der Waals surface area (Å²) < 4.78 is 18.9. The van der Waals surface area contributed by atoms with Gasteiger partial charge in [-0.15, -0.1) is 0 Å². The van der Waals surface area contributed by atoms with Gasteiger partial charge in [0.15, 0.2) is 17.7 Å². The van der Waals surface area contributed by atoms with E-state index in [4.69, 9.17) is 19.5 Å². The van der Waals surface area contributed by atoms with Gasteiger partial charge in [0.25, 0.3) is 0 Å². The summed E-state index contributed by atoms with van der Waals surface area (Å²) in [5.41, 5.74) is 0.0212. The summed E-state index contributed by atoms with van der Waals surface area (Å²) in [6.45, 7) is 9.22. The number of nitriles is 1. The molecule has 0 atom stereocenters. The van der Waals surface area contributed by atoms with Crippen molar-refractivity contribution in [1.82, 2.24) is 9.62 Å². The number of benzene rings is 2. The minimum atomic E-state index is 0.0212. The molecule has 0 spiro atoms. The Labute approximate surface area is 188 Å². The number of ether oxygens (including phenoxy) is 3. The smallest absolute Gasteiger partial charge is 0.303 e. The fourth-order valence-corrected chi connectivity index (χ4v) is 4.18. The summed E-state index contributed by atoms with van der Waals surface area (Å²) in [6, 6.07) is 15.5. The predicted octanol–water partition coefficient (Wildman–Crippen LogP) is 4.67. The van der Waals surface area contributed by atoms with Gasteiger partial charge in [-0.2, -0.15) is 5.26 Å². The molecule has 0 aliphatic carbocycles. The zero-order valence-electron chi connectivity index (χ0n) is 18.1. The maximum Gasteiger partial charge on any atom is 0.303 e. The van der Waals surface area contributed by atoms with Crippen LogP contribution in [0.4, 0.5) is 0 Å². The lowest BCUT2D eigenvalue weighted by atomic mass is 9.89. The van der Waals surface area contributed by atoms with Gasteiger partial charge in [-0.25, -0.2) is 14.6 Å². The maximum atomic E-state index is 8.98. The Hall–Kier alpha value is -2.89. The number of nitrogens with one attached hydrogen (secondary N) is 1. The fraction of sp³-hybridized carbons (Fsp3) is 0.391. The van der Waals surface area contributed by atoms with Gasteiger partial charge < -0.3 is 14.2 Å². The van der Waals surface area contributed by atoms with Gasteiger partial charge in [0.1, 0.15) is 5.75 Å². The molecule has 2 aromatic carbocycles. The third-order valence-electron chi connectivity index (χ3n) is 4.70. The van der Waals surface area contributed by atoms with E-state index in [1.54, 1.807) is 11.9 Å². The van der Waals surface area contributed by atoms with Crippen molar-refractivity contribution < 1.29 is 14.2 Å². The molecule has 164 valence electrons. The van der Waals surface area contributed by atoms with Crippen molar-refractivity contribution in [1.29, 1.82) is 5.26 Å². The standard InChI is InChI=1S/C23H28N4O3S/c1-4-27(31-19-10-11-20-21(14-19)29-17-28-20)15-23(2,3)12-13-25-22(26-16-24)30-18-8-6-5-7-9-18/h5-11,14H,4,12-13,15,17H2,1-3H3,(H,25,26). The predicted molar refractivity (Wildman–Crippen MR) is 122 cm³/mol. The molecule has 0 fully saturated rings. The van der Waals surface area contributed by atoms with Crippen LogP contribution in [-0.4, -0.2) is 36.8 Å². The Morgan fingerprint density at radius 2 is 2.00 bits per heavy atom. The zero-order chi connectivity index (χ0) is 22.1. The molecule has 0 unspecified atom stereocenters. The Morgan fingerprint density at radius 3 is 2.74 bits per heavy atom. The first kappa shape index (κ1) is 22.8. The zero-order valence-corrected chi connectivity index (χ0v) is 18.9. The van der Waals surface area contributed by atoms with Crippen LogP contribution in [0.5, 0.6) is 17.2 Å². The van der Waals surface area contributed by atoms with E-state index in [1.165, 1.54) is 0 Å². The molecule has 0 aromatic heterocycles. The van der Waals surface area contributed by atoms with Crippen LogP contribution < -0.4 is 19.5 Å². The van der Waals surface area contributed by atoms with Gasteiger partial charge in [-0.05, 0) is 54.1 Å². The van der Waals surface area contributed by atoms with Crippen molar-refractivity contribution in [3.05, 3.63) is 48.5 Å². The van der Waals surface area contributed by atoms with Crippen LogP contribution in [0.1, 0.15) is 27.2 Å². The molecule has 0 saturated carbocycles. The molecule has 8 heteroatoms. The second kappa shape index (κ2) is 10.9. The number of para-hydroxylation sites is 1. The molecule has 1 aliphatic rings. The summed E-state index contributed by atoms with van der Waals surface area (Å²) in [5.74, 6) is 2.23. The average molecular weight is 441 g/mol. The molecule has 31 heavy (non-hydrogen) atoms. The van der Waals surface area contributed by atoms with E-state index in [-0.39, 0.29) is 18.2 Å². The highest BCUT2D eigenvalue weighted by atomic mass is 32.2. The molecule has 7 nitrogen and oxygen atoms in total. The second-order valence-corrected chi connectivity index (χ2v) is 8.99. The molecule has 1 heterocycles. The third kappa shape index (κ3) is 7.09. The molecular weight excluding hydrogens is 412 g/mol. The molecule has 0 bridgehead atoms. The summed E-state index contributed by atoms with van der Waals surface area (Å²) in [6.07, 6.45) is 2.73. The molecule has 0 saturated heterocycles. The number of amidine groups is 1. The summed E-state index contributed by atoms with van der Waals surface area (Å²) in [5, 5.41) is 11.5. The van der Waals surface area contributed by atoms with Crippen LogP contribution in [0.15, 0.2) is 58.4 Å². The lowest BCUT2D eigenvalue weighted by Gasteiger charge is -2.31. The lowest BCUT2D eigenvalue weighted by molar-refractivity contribution is 0.174. The average Bonchev–Trinajstić information content (AvgIpc) is 3.22. The maximum absolute atomic E-state index is 8.98. The normalized spacial score (nSPS) is 13.2. The van der Waals surface area contributed by atoms with Crippen molar-refractivity contribution in [2.24, 2.45) is 10.4 Å². The van der Waals surface area contributed by atoms with E-state index in [0.717, 1.165) is 35.9 Å². The molecule has 1 N–H and O–H groups in total. The Bertz CT molecular complexity index is 928. The van der Waals surface area contributed by atoms with Gasteiger partial charge in [0, 0.05) is 24.5 Å². The molecular formula is C23H28N4O3S. The number of fused-ring (bicyclic) bond motifs is 1.